The number of allylic oxidation sites excluding steroid dienone is 2. The van der Waals surface area contributed by atoms with Gasteiger partial charge in [0.25, 0.3) is 0 Å². The number of hydrogen-bond acceptors (Lipinski definition) is 4. The summed E-state index contributed by atoms with van der Waals surface area (Å²) in [7, 11) is 0. The van der Waals surface area contributed by atoms with Crippen LogP contribution in [0, 0.1) is 23.7 Å². The van der Waals surface area contributed by atoms with Gasteiger partial charge in [0, 0.05) is 0 Å². The second-order valence-corrected chi connectivity index (χ2v) is 5.32. The van der Waals surface area contributed by atoms with E-state index in [-0.39, 0.29) is 11.8 Å². The minimum Gasteiger partial charge on any atom is -0.481 e. The molecule has 114 valence electrons. The number of aliphatic carboxylic acids is 3. The summed E-state index contributed by atoms with van der Waals surface area (Å²) in [5.74, 6) is -6.84. The Morgan fingerprint density at radius 3 is 1.81 bits per heavy atom. The molecule has 0 unspecified atom stereocenters. The van der Waals surface area contributed by atoms with Gasteiger partial charge >= 0.3 is 17.9 Å². The Balaban J connectivity index is 2.22. The molecule has 21 heavy (non-hydrogen) atoms. The molecule has 0 heterocycles. The largest absolute Gasteiger partial charge is 0.481 e. The highest BCUT2D eigenvalue weighted by molar-refractivity contribution is 5.90. The molecule has 2 rings (SSSR count). The van der Waals surface area contributed by atoms with Crippen LogP contribution in [0.25, 0.3) is 0 Å². The Labute approximate surface area is 119 Å². The van der Waals surface area contributed by atoms with Crippen molar-refractivity contribution in [3.63, 3.8) is 0 Å². The molecule has 2 aliphatic rings. The van der Waals surface area contributed by atoms with Gasteiger partial charge in [-0.15, -0.1) is 0 Å². The van der Waals surface area contributed by atoms with E-state index in [9.17, 15) is 24.3 Å². The smallest absolute Gasteiger partial charge is 0.323 e. The lowest BCUT2D eigenvalue weighted by molar-refractivity contribution is -0.155. The number of carboxylic acids is 3. The van der Waals surface area contributed by atoms with E-state index in [0.29, 0.717) is 11.3 Å². The van der Waals surface area contributed by atoms with Crippen LogP contribution in [0.3, 0.4) is 0 Å². The molecule has 8 nitrogen and oxygen atoms in total. The molecule has 2 bridgehead atoms. The summed E-state index contributed by atoms with van der Waals surface area (Å²) in [5.41, 5.74) is 0. The Kier molecular flexibility index (Phi) is 3.97. The highest BCUT2D eigenvalue weighted by atomic mass is 16.4. The molecule has 1 amide bonds. The van der Waals surface area contributed by atoms with Gasteiger partial charge in [-0.1, -0.05) is 12.2 Å². The topological polar surface area (TPSA) is 132 Å². The van der Waals surface area contributed by atoms with Crippen molar-refractivity contribution in [1.82, 2.24) is 4.90 Å². The summed E-state index contributed by atoms with van der Waals surface area (Å²) >= 11 is 0. The van der Waals surface area contributed by atoms with Crippen LogP contribution in [0.2, 0.25) is 0 Å². The number of carbonyl (C=O) groups excluding carboxylic acids is 1. The molecule has 1 fully saturated rings. The van der Waals surface area contributed by atoms with Gasteiger partial charge < -0.3 is 20.2 Å². The normalized spacial score (nSPS) is 29.3. The summed E-state index contributed by atoms with van der Waals surface area (Å²) in [4.78, 5) is 46.0. The van der Waals surface area contributed by atoms with Gasteiger partial charge in [0.05, 0.1) is 11.8 Å². The summed E-state index contributed by atoms with van der Waals surface area (Å²) in [6.45, 7) is -1.51. The lowest BCUT2D eigenvalue weighted by atomic mass is 9.82. The highest BCUT2D eigenvalue weighted by Gasteiger charge is 2.52. The standard InChI is InChI=1S/C13H15NO7/c15-8(16)4-14(5-9(17)18)12(19)10-6-1-2-7(3-6)11(10)13(20)21/h1-2,6-7,10-11H,3-5H2,(H,15,16)(H,17,18)(H,20,21)/t6-,7-,10+,11+/m0/s1. The van der Waals surface area contributed by atoms with Crippen molar-refractivity contribution in [2.45, 2.75) is 6.42 Å². The fourth-order valence-electron chi connectivity index (χ4n) is 3.24. The van der Waals surface area contributed by atoms with Crippen molar-refractivity contribution >= 4 is 23.8 Å². The van der Waals surface area contributed by atoms with Gasteiger partial charge in [-0.25, -0.2) is 0 Å². The lowest BCUT2D eigenvalue weighted by Crippen LogP contribution is -2.46. The van der Waals surface area contributed by atoms with Crippen molar-refractivity contribution in [2.24, 2.45) is 23.7 Å². The molecule has 4 atom stereocenters. The Bertz CT molecular complexity index is 511. The van der Waals surface area contributed by atoms with Gasteiger partial charge in [-0.2, -0.15) is 0 Å². The van der Waals surface area contributed by atoms with Gasteiger partial charge in [0.2, 0.25) is 5.91 Å². The van der Waals surface area contributed by atoms with E-state index in [2.05, 4.69) is 0 Å². The maximum Gasteiger partial charge on any atom is 0.323 e. The molecule has 0 aromatic carbocycles. The molecule has 0 aromatic rings. The number of nitrogens with zero attached hydrogens (tertiary/aromatic N) is 1. The number of fused-ring (bicyclic) bond motifs is 2. The Morgan fingerprint density at radius 1 is 0.905 bits per heavy atom. The molecule has 0 spiro atoms. The Morgan fingerprint density at radius 2 is 1.38 bits per heavy atom. The van der Waals surface area contributed by atoms with E-state index in [1.165, 1.54) is 0 Å². The maximum atomic E-state index is 12.4. The predicted octanol–water partition coefficient (Wildman–Crippen LogP) is -0.493. The third-order valence-corrected chi connectivity index (χ3v) is 3.99. The SMILES string of the molecule is O=C(O)CN(CC(=O)O)C(=O)[C@H]1[C@H](C(=O)O)[C@H]2C=C[C@H]1C2. The molecule has 0 aromatic heterocycles. The van der Waals surface area contributed by atoms with Gasteiger partial charge in [-0.05, 0) is 18.3 Å². The molecule has 8 heteroatoms. The van der Waals surface area contributed by atoms with Crippen molar-refractivity contribution in [2.75, 3.05) is 13.1 Å². The molecule has 3 N–H and O–H groups in total. The molecule has 0 radical (unpaired) electrons. The van der Waals surface area contributed by atoms with E-state index in [4.69, 9.17) is 10.2 Å². The zero-order valence-corrected chi connectivity index (χ0v) is 11.0. The lowest BCUT2D eigenvalue weighted by Gasteiger charge is -2.29. The van der Waals surface area contributed by atoms with Crippen LogP contribution in [-0.2, 0) is 19.2 Å². The van der Waals surface area contributed by atoms with E-state index in [1.54, 1.807) is 12.2 Å². The van der Waals surface area contributed by atoms with Crippen LogP contribution in [0.1, 0.15) is 6.42 Å². The predicted molar refractivity (Wildman–Crippen MR) is 67.2 cm³/mol. The third-order valence-electron chi connectivity index (χ3n) is 3.99. The summed E-state index contributed by atoms with van der Waals surface area (Å²) in [5, 5.41) is 26.8. The number of hydrogen-bond donors (Lipinski definition) is 3. The molecular formula is C13H15NO7. The first-order valence-corrected chi connectivity index (χ1v) is 6.44. The molecule has 0 saturated heterocycles. The van der Waals surface area contributed by atoms with E-state index in [1.807, 2.05) is 0 Å². The molecule has 2 aliphatic carbocycles. The molecular weight excluding hydrogens is 282 g/mol. The van der Waals surface area contributed by atoms with Crippen molar-refractivity contribution in [1.29, 1.82) is 0 Å². The number of carbonyl (C=O) groups is 4. The first kappa shape index (κ1) is 15.0. The number of carboxylic acid groups (broad SMARTS) is 3. The monoisotopic (exact) mass is 297 g/mol. The Hall–Kier alpha value is -2.38. The first-order valence-electron chi connectivity index (χ1n) is 6.44. The van der Waals surface area contributed by atoms with Crippen LogP contribution >= 0.6 is 0 Å². The minimum atomic E-state index is -1.34. The summed E-state index contributed by atoms with van der Waals surface area (Å²) < 4.78 is 0. The molecule has 1 saturated carbocycles. The zero-order chi connectivity index (χ0) is 15.7. The summed E-state index contributed by atoms with van der Waals surface area (Å²) in [6.07, 6.45) is 4.04. The average molecular weight is 297 g/mol. The second kappa shape index (κ2) is 5.55. The van der Waals surface area contributed by atoms with Crippen molar-refractivity contribution in [3.05, 3.63) is 12.2 Å². The van der Waals surface area contributed by atoms with Gasteiger partial charge in [0.15, 0.2) is 0 Å². The number of rotatable bonds is 6. The minimum absolute atomic E-state index is 0.252. The maximum absolute atomic E-state index is 12.4. The highest BCUT2D eigenvalue weighted by Crippen LogP contribution is 2.48. The van der Waals surface area contributed by atoms with Crippen molar-refractivity contribution in [3.8, 4) is 0 Å². The summed E-state index contributed by atoms with van der Waals surface area (Å²) in [6, 6.07) is 0. The van der Waals surface area contributed by atoms with Crippen LogP contribution in [-0.4, -0.2) is 57.1 Å². The second-order valence-electron chi connectivity index (χ2n) is 5.32. The van der Waals surface area contributed by atoms with E-state index >= 15 is 0 Å². The van der Waals surface area contributed by atoms with Crippen LogP contribution in [0.15, 0.2) is 12.2 Å². The quantitative estimate of drug-likeness (QED) is 0.563. The third kappa shape index (κ3) is 2.88. The average Bonchev–Trinajstić information content (AvgIpc) is 2.95. The van der Waals surface area contributed by atoms with Crippen LogP contribution in [0.4, 0.5) is 0 Å². The van der Waals surface area contributed by atoms with Crippen molar-refractivity contribution < 1.29 is 34.5 Å². The zero-order valence-electron chi connectivity index (χ0n) is 11.0. The van der Waals surface area contributed by atoms with E-state index < -0.39 is 48.7 Å². The fraction of sp³-hybridized carbons (Fsp3) is 0.538. The van der Waals surface area contributed by atoms with Gasteiger partial charge in [-0.3, -0.25) is 19.2 Å². The molecule has 0 aliphatic heterocycles. The van der Waals surface area contributed by atoms with Crippen LogP contribution in [0.5, 0.6) is 0 Å². The number of amides is 1. The first-order chi connectivity index (χ1) is 9.81. The van der Waals surface area contributed by atoms with Crippen LogP contribution < -0.4 is 0 Å². The van der Waals surface area contributed by atoms with E-state index in [0.717, 1.165) is 0 Å². The van der Waals surface area contributed by atoms with Gasteiger partial charge in [0.1, 0.15) is 13.1 Å². The fourth-order valence-corrected chi connectivity index (χ4v) is 3.24.